The number of nitrogens with one attached hydrogen (secondary N) is 1. The molecule has 0 bridgehead atoms. The summed E-state index contributed by atoms with van der Waals surface area (Å²) >= 11 is 0. The highest BCUT2D eigenvalue weighted by Gasteiger charge is 2.38. The molecular weight excluding hydrogens is 236 g/mol. The molecule has 102 valence electrons. The van der Waals surface area contributed by atoms with Crippen LogP contribution in [0.3, 0.4) is 0 Å². The van der Waals surface area contributed by atoms with E-state index in [4.69, 9.17) is 0 Å². The fraction of sp³-hybridized carbons (Fsp3) is 0.562. The molecule has 1 aromatic rings. The maximum atomic E-state index is 11.7. The van der Waals surface area contributed by atoms with Crippen molar-refractivity contribution in [3.8, 4) is 0 Å². The number of carbonyl (C=O) groups excluding carboxylic acids is 1. The summed E-state index contributed by atoms with van der Waals surface area (Å²) in [6.07, 6.45) is 2.20. The molecule has 3 rings (SSSR count). The molecule has 0 radical (unpaired) electrons. The lowest BCUT2D eigenvalue weighted by Crippen LogP contribution is -2.38. The second-order valence-corrected chi connectivity index (χ2v) is 5.91. The molecule has 0 unspecified atom stereocenters. The summed E-state index contributed by atoms with van der Waals surface area (Å²) in [5.74, 6) is 1.15. The van der Waals surface area contributed by atoms with E-state index in [-0.39, 0.29) is 5.91 Å². The summed E-state index contributed by atoms with van der Waals surface area (Å²) in [4.78, 5) is 14.2. The maximum absolute atomic E-state index is 11.7. The molecule has 1 heterocycles. The van der Waals surface area contributed by atoms with Gasteiger partial charge in [-0.05, 0) is 29.9 Å². The molecule has 3 nitrogen and oxygen atoms in total. The summed E-state index contributed by atoms with van der Waals surface area (Å²) in [6, 6.07) is 8.67. The van der Waals surface area contributed by atoms with Crippen molar-refractivity contribution >= 4 is 5.91 Å². The molecule has 1 saturated carbocycles. The third-order valence-corrected chi connectivity index (χ3v) is 4.38. The number of fused-ring (bicyclic) bond motifs is 1. The summed E-state index contributed by atoms with van der Waals surface area (Å²) in [7, 11) is 0. The Balaban J connectivity index is 1.43. The van der Waals surface area contributed by atoms with E-state index in [2.05, 4.69) is 41.4 Å². The predicted octanol–water partition coefficient (Wildman–Crippen LogP) is 1.82. The van der Waals surface area contributed by atoms with Crippen molar-refractivity contribution in [3.63, 3.8) is 0 Å². The summed E-state index contributed by atoms with van der Waals surface area (Å²) in [6.45, 7) is 6.01. The highest BCUT2D eigenvalue weighted by molar-refractivity contribution is 5.81. The molecule has 1 aliphatic carbocycles. The fourth-order valence-electron chi connectivity index (χ4n) is 2.90. The first-order valence-electron chi connectivity index (χ1n) is 7.31. The number of amides is 1. The SMILES string of the molecule is C[C@H]1C[C@@H]1C(=O)NCCN1CCc2ccccc2C1. The van der Waals surface area contributed by atoms with Gasteiger partial charge in [-0.2, -0.15) is 0 Å². The Hall–Kier alpha value is -1.35. The van der Waals surface area contributed by atoms with Gasteiger partial charge in [0.15, 0.2) is 0 Å². The van der Waals surface area contributed by atoms with Crippen LogP contribution in [0.1, 0.15) is 24.5 Å². The molecule has 0 saturated heterocycles. The minimum atomic E-state index is 0.255. The van der Waals surface area contributed by atoms with Crippen LogP contribution in [-0.4, -0.2) is 30.4 Å². The van der Waals surface area contributed by atoms with Crippen LogP contribution in [0.15, 0.2) is 24.3 Å². The first-order chi connectivity index (χ1) is 9.24. The molecule has 0 spiro atoms. The van der Waals surface area contributed by atoms with Gasteiger partial charge >= 0.3 is 0 Å². The third kappa shape index (κ3) is 2.98. The van der Waals surface area contributed by atoms with E-state index >= 15 is 0 Å². The third-order valence-electron chi connectivity index (χ3n) is 4.38. The Kier molecular flexibility index (Phi) is 3.56. The molecule has 0 aromatic heterocycles. The van der Waals surface area contributed by atoms with E-state index in [1.807, 2.05) is 0 Å². The monoisotopic (exact) mass is 258 g/mol. The van der Waals surface area contributed by atoms with Crippen molar-refractivity contribution in [1.82, 2.24) is 10.2 Å². The van der Waals surface area contributed by atoms with Crippen molar-refractivity contribution in [2.24, 2.45) is 11.8 Å². The van der Waals surface area contributed by atoms with Crippen LogP contribution in [0.25, 0.3) is 0 Å². The average Bonchev–Trinajstić information content (AvgIpc) is 3.16. The molecule has 1 aromatic carbocycles. The summed E-state index contributed by atoms with van der Waals surface area (Å²) < 4.78 is 0. The lowest BCUT2D eigenvalue weighted by molar-refractivity contribution is -0.122. The minimum absolute atomic E-state index is 0.255. The topological polar surface area (TPSA) is 32.3 Å². The molecular formula is C16H22N2O. The summed E-state index contributed by atoms with van der Waals surface area (Å²) in [5, 5.41) is 3.07. The Morgan fingerprint density at radius 3 is 2.84 bits per heavy atom. The van der Waals surface area contributed by atoms with Gasteiger partial charge in [-0.1, -0.05) is 31.2 Å². The van der Waals surface area contributed by atoms with E-state index < -0.39 is 0 Å². The largest absolute Gasteiger partial charge is 0.355 e. The van der Waals surface area contributed by atoms with Crippen LogP contribution in [0.5, 0.6) is 0 Å². The number of nitrogens with zero attached hydrogens (tertiary/aromatic N) is 1. The van der Waals surface area contributed by atoms with E-state index in [1.165, 1.54) is 11.1 Å². The first kappa shape index (κ1) is 12.7. The molecule has 1 N–H and O–H groups in total. The van der Waals surface area contributed by atoms with Crippen LogP contribution in [-0.2, 0) is 17.8 Å². The molecule has 1 aliphatic heterocycles. The van der Waals surface area contributed by atoms with Gasteiger partial charge < -0.3 is 5.32 Å². The van der Waals surface area contributed by atoms with Crippen molar-refractivity contribution in [2.45, 2.75) is 26.3 Å². The number of rotatable bonds is 4. The van der Waals surface area contributed by atoms with Gasteiger partial charge in [0.1, 0.15) is 0 Å². The molecule has 1 fully saturated rings. The van der Waals surface area contributed by atoms with Gasteiger partial charge in [-0.3, -0.25) is 9.69 Å². The average molecular weight is 258 g/mol. The van der Waals surface area contributed by atoms with E-state index in [1.54, 1.807) is 0 Å². The number of benzene rings is 1. The molecule has 1 amide bonds. The first-order valence-corrected chi connectivity index (χ1v) is 7.31. The number of hydrogen-bond donors (Lipinski definition) is 1. The zero-order chi connectivity index (χ0) is 13.2. The van der Waals surface area contributed by atoms with Crippen molar-refractivity contribution in [2.75, 3.05) is 19.6 Å². The van der Waals surface area contributed by atoms with E-state index in [9.17, 15) is 4.79 Å². The van der Waals surface area contributed by atoms with Crippen LogP contribution < -0.4 is 5.32 Å². The molecule has 19 heavy (non-hydrogen) atoms. The van der Waals surface area contributed by atoms with E-state index in [0.29, 0.717) is 11.8 Å². The van der Waals surface area contributed by atoms with Crippen molar-refractivity contribution < 1.29 is 4.79 Å². The Bertz CT molecular complexity index is 472. The van der Waals surface area contributed by atoms with Gasteiger partial charge in [0.05, 0.1) is 0 Å². The van der Waals surface area contributed by atoms with Crippen molar-refractivity contribution in [1.29, 1.82) is 0 Å². The van der Waals surface area contributed by atoms with Crippen LogP contribution in [0.2, 0.25) is 0 Å². The summed E-state index contributed by atoms with van der Waals surface area (Å²) in [5.41, 5.74) is 2.92. The quantitative estimate of drug-likeness (QED) is 0.893. The second kappa shape index (κ2) is 5.33. The Labute approximate surface area is 115 Å². The van der Waals surface area contributed by atoms with Gasteiger partial charge in [-0.25, -0.2) is 0 Å². The van der Waals surface area contributed by atoms with Gasteiger partial charge in [0.25, 0.3) is 0 Å². The standard InChI is InChI=1S/C16H22N2O/c1-12-10-15(12)16(19)17-7-9-18-8-6-13-4-2-3-5-14(13)11-18/h2-5,12,15H,6-11H2,1H3,(H,17,19)/t12-,15-/m0/s1. The van der Waals surface area contributed by atoms with Gasteiger partial charge in [0.2, 0.25) is 5.91 Å². The Morgan fingerprint density at radius 1 is 1.37 bits per heavy atom. The minimum Gasteiger partial charge on any atom is -0.355 e. The van der Waals surface area contributed by atoms with Gasteiger partial charge in [0, 0.05) is 32.1 Å². The predicted molar refractivity (Wildman–Crippen MR) is 75.7 cm³/mol. The fourth-order valence-corrected chi connectivity index (χ4v) is 2.90. The zero-order valence-electron chi connectivity index (χ0n) is 11.6. The van der Waals surface area contributed by atoms with Crippen LogP contribution in [0.4, 0.5) is 0 Å². The smallest absolute Gasteiger partial charge is 0.223 e. The van der Waals surface area contributed by atoms with Crippen LogP contribution >= 0.6 is 0 Å². The number of carbonyl (C=O) groups is 1. The van der Waals surface area contributed by atoms with Crippen molar-refractivity contribution in [3.05, 3.63) is 35.4 Å². The lowest BCUT2D eigenvalue weighted by Gasteiger charge is -2.28. The molecule has 2 atom stereocenters. The molecule has 3 heteroatoms. The number of hydrogen-bond acceptors (Lipinski definition) is 2. The van der Waals surface area contributed by atoms with Gasteiger partial charge in [-0.15, -0.1) is 0 Å². The highest BCUT2D eigenvalue weighted by Crippen LogP contribution is 2.37. The highest BCUT2D eigenvalue weighted by atomic mass is 16.2. The Morgan fingerprint density at radius 2 is 2.11 bits per heavy atom. The zero-order valence-corrected chi connectivity index (χ0v) is 11.6. The maximum Gasteiger partial charge on any atom is 0.223 e. The second-order valence-electron chi connectivity index (χ2n) is 5.91. The van der Waals surface area contributed by atoms with E-state index in [0.717, 1.165) is 39.0 Å². The van der Waals surface area contributed by atoms with Crippen LogP contribution in [0, 0.1) is 11.8 Å². The molecule has 2 aliphatic rings. The normalized spacial score (nSPS) is 25.7. The lowest BCUT2D eigenvalue weighted by atomic mass is 10.00.